The average Bonchev–Trinajstić information content (AvgIpc) is 3.07. The molecule has 1 aromatic carbocycles. The maximum atomic E-state index is 5.35. The van der Waals surface area contributed by atoms with Crippen LogP contribution in [0.3, 0.4) is 0 Å². The van der Waals surface area contributed by atoms with Crippen molar-refractivity contribution < 1.29 is 9.47 Å². The zero-order valence-corrected chi connectivity index (χ0v) is 18.7. The molecular weight excluding hydrogens is 459 g/mol. The largest absolute Gasteiger partial charge is 0.493 e. The molecule has 1 heterocycles. The van der Waals surface area contributed by atoms with E-state index >= 15 is 0 Å². The minimum atomic E-state index is 0. The van der Waals surface area contributed by atoms with Crippen LogP contribution in [0.15, 0.2) is 29.5 Å². The highest BCUT2D eigenvalue weighted by Gasteiger charge is 2.05. The number of nitrogens with one attached hydrogen (secondary N) is 2. The molecule has 9 heteroatoms. The third kappa shape index (κ3) is 7.24. The fraction of sp³-hybridized carbons (Fsp3) is 0.500. The maximum absolute atomic E-state index is 5.35. The van der Waals surface area contributed by atoms with Gasteiger partial charge in [0.05, 0.1) is 14.2 Å². The van der Waals surface area contributed by atoms with Gasteiger partial charge in [-0.05, 0) is 37.5 Å². The highest BCUT2D eigenvalue weighted by atomic mass is 127. The van der Waals surface area contributed by atoms with Gasteiger partial charge in [0, 0.05) is 20.1 Å². The molecule has 27 heavy (non-hydrogen) atoms. The molecule has 0 fully saturated rings. The number of ether oxygens (including phenoxy) is 2. The monoisotopic (exact) mass is 488 g/mol. The quantitative estimate of drug-likeness (QED) is 0.244. The number of hydrogen-bond acceptors (Lipinski definition) is 5. The third-order valence-electron chi connectivity index (χ3n) is 3.91. The molecule has 0 aliphatic heterocycles. The Morgan fingerprint density at radius 2 is 1.96 bits per heavy atom. The van der Waals surface area contributed by atoms with Crippen molar-refractivity contribution in [2.24, 2.45) is 12.0 Å². The first-order valence-corrected chi connectivity index (χ1v) is 8.73. The molecule has 150 valence electrons. The van der Waals surface area contributed by atoms with Gasteiger partial charge in [-0.1, -0.05) is 6.07 Å². The summed E-state index contributed by atoms with van der Waals surface area (Å²) in [6.07, 6.45) is 3.45. The molecule has 0 aliphatic carbocycles. The molecule has 0 unspecified atom stereocenters. The van der Waals surface area contributed by atoms with Crippen LogP contribution in [0.1, 0.15) is 24.7 Å². The molecule has 2 rings (SSSR count). The summed E-state index contributed by atoms with van der Waals surface area (Å²) in [4.78, 5) is 8.73. The highest BCUT2D eigenvalue weighted by Crippen LogP contribution is 2.27. The molecule has 0 amide bonds. The molecule has 0 radical (unpaired) electrons. The lowest BCUT2D eigenvalue weighted by atomic mass is 10.1. The van der Waals surface area contributed by atoms with Crippen LogP contribution in [0.2, 0.25) is 0 Å². The van der Waals surface area contributed by atoms with Gasteiger partial charge in [-0.2, -0.15) is 5.10 Å². The van der Waals surface area contributed by atoms with Crippen molar-refractivity contribution in [3.05, 3.63) is 35.9 Å². The number of nitrogens with zero attached hydrogens (tertiary/aromatic N) is 4. The second-order valence-electron chi connectivity index (χ2n) is 5.71. The molecule has 2 N–H and O–H groups in total. The van der Waals surface area contributed by atoms with E-state index in [9.17, 15) is 0 Å². The SMILES string of the molecule is CCNC(=NCc1ncnn1C)NCCCc1ccc(OC)c(OC)c1.I. The topological polar surface area (TPSA) is 85.6 Å². The lowest BCUT2D eigenvalue weighted by molar-refractivity contribution is 0.354. The Bertz CT molecular complexity index is 720. The van der Waals surface area contributed by atoms with Crippen LogP contribution in [-0.2, 0) is 20.0 Å². The number of rotatable bonds is 9. The standard InChI is InChI=1S/C18H28N6O2.HI/c1-5-19-18(21-12-17-22-13-23-24(17)2)20-10-6-7-14-8-9-15(25-3)16(11-14)26-4;/h8-9,11,13H,5-7,10,12H2,1-4H3,(H2,19,20,21);1H. The second kappa shape index (κ2) is 12.4. The number of halogens is 1. The van der Waals surface area contributed by atoms with Crippen molar-refractivity contribution in [2.45, 2.75) is 26.3 Å². The molecule has 0 saturated carbocycles. The van der Waals surface area contributed by atoms with Gasteiger partial charge >= 0.3 is 0 Å². The molecule has 2 aromatic rings. The Kier molecular flexibility index (Phi) is 10.5. The third-order valence-corrected chi connectivity index (χ3v) is 3.91. The summed E-state index contributed by atoms with van der Waals surface area (Å²) in [6, 6.07) is 6.02. The predicted octanol–water partition coefficient (Wildman–Crippen LogP) is 2.14. The van der Waals surface area contributed by atoms with Gasteiger partial charge in [0.15, 0.2) is 17.5 Å². The molecule has 0 bridgehead atoms. The smallest absolute Gasteiger partial charge is 0.191 e. The summed E-state index contributed by atoms with van der Waals surface area (Å²) in [5.41, 5.74) is 1.21. The summed E-state index contributed by atoms with van der Waals surface area (Å²) in [7, 11) is 5.16. The van der Waals surface area contributed by atoms with E-state index in [1.54, 1.807) is 18.9 Å². The Morgan fingerprint density at radius 3 is 2.59 bits per heavy atom. The van der Waals surface area contributed by atoms with Gasteiger partial charge in [0.2, 0.25) is 0 Å². The summed E-state index contributed by atoms with van der Waals surface area (Å²) in [5, 5.41) is 10.6. The van der Waals surface area contributed by atoms with Crippen molar-refractivity contribution in [1.82, 2.24) is 25.4 Å². The number of methoxy groups -OCH3 is 2. The van der Waals surface area contributed by atoms with Gasteiger partial charge < -0.3 is 20.1 Å². The van der Waals surface area contributed by atoms with Crippen molar-refractivity contribution in [3.8, 4) is 11.5 Å². The van der Waals surface area contributed by atoms with Crippen LogP contribution >= 0.6 is 24.0 Å². The van der Waals surface area contributed by atoms with Gasteiger partial charge in [-0.25, -0.2) is 9.98 Å². The fourth-order valence-corrected chi connectivity index (χ4v) is 2.49. The van der Waals surface area contributed by atoms with E-state index in [4.69, 9.17) is 9.47 Å². The molecule has 1 aromatic heterocycles. The predicted molar refractivity (Wildman–Crippen MR) is 117 cm³/mol. The van der Waals surface area contributed by atoms with Crippen LogP contribution in [-0.4, -0.2) is 48.0 Å². The summed E-state index contributed by atoms with van der Waals surface area (Å²) in [6.45, 7) is 4.16. The van der Waals surface area contributed by atoms with E-state index in [1.807, 2.05) is 26.1 Å². The summed E-state index contributed by atoms with van der Waals surface area (Å²) in [5.74, 6) is 3.12. The molecule has 8 nitrogen and oxygen atoms in total. The van der Waals surface area contributed by atoms with E-state index in [0.717, 1.165) is 49.2 Å². The number of aryl methyl sites for hydroxylation is 2. The lowest BCUT2D eigenvalue weighted by Crippen LogP contribution is -2.38. The second-order valence-corrected chi connectivity index (χ2v) is 5.71. The van der Waals surface area contributed by atoms with Crippen molar-refractivity contribution in [2.75, 3.05) is 27.3 Å². The summed E-state index contributed by atoms with van der Waals surface area (Å²) < 4.78 is 12.3. The van der Waals surface area contributed by atoms with E-state index in [0.29, 0.717) is 6.54 Å². The first-order valence-electron chi connectivity index (χ1n) is 8.73. The first-order chi connectivity index (χ1) is 12.7. The minimum absolute atomic E-state index is 0. The number of guanidine groups is 1. The molecule has 0 saturated heterocycles. The van der Waals surface area contributed by atoms with Crippen molar-refractivity contribution in [3.63, 3.8) is 0 Å². The van der Waals surface area contributed by atoms with Crippen LogP contribution < -0.4 is 20.1 Å². The molecule has 0 spiro atoms. The van der Waals surface area contributed by atoms with Gasteiger partial charge in [0.25, 0.3) is 0 Å². The number of hydrogen-bond donors (Lipinski definition) is 2. The number of benzene rings is 1. The Labute approximate surface area is 177 Å². The van der Waals surface area contributed by atoms with E-state index in [1.165, 1.54) is 11.9 Å². The first kappa shape index (κ1) is 23.0. The van der Waals surface area contributed by atoms with Crippen molar-refractivity contribution >= 4 is 29.9 Å². The minimum Gasteiger partial charge on any atom is -0.493 e. The van der Waals surface area contributed by atoms with Crippen LogP contribution in [0, 0.1) is 0 Å². The Hall–Kier alpha value is -2.04. The molecule has 0 atom stereocenters. The lowest BCUT2D eigenvalue weighted by Gasteiger charge is -2.12. The van der Waals surface area contributed by atoms with Crippen molar-refractivity contribution in [1.29, 1.82) is 0 Å². The van der Waals surface area contributed by atoms with Gasteiger partial charge in [-0.15, -0.1) is 24.0 Å². The van der Waals surface area contributed by atoms with Gasteiger partial charge in [0.1, 0.15) is 18.7 Å². The van der Waals surface area contributed by atoms with Crippen LogP contribution in [0.25, 0.3) is 0 Å². The van der Waals surface area contributed by atoms with E-state index in [-0.39, 0.29) is 24.0 Å². The maximum Gasteiger partial charge on any atom is 0.191 e. The molecule has 0 aliphatic rings. The van der Waals surface area contributed by atoms with Crippen LogP contribution in [0.5, 0.6) is 11.5 Å². The molecular formula is C18H29IN6O2. The Morgan fingerprint density at radius 1 is 1.19 bits per heavy atom. The highest BCUT2D eigenvalue weighted by molar-refractivity contribution is 14.0. The number of aromatic nitrogens is 3. The average molecular weight is 488 g/mol. The van der Waals surface area contributed by atoms with Crippen LogP contribution in [0.4, 0.5) is 0 Å². The normalized spacial score (nSPS) is 10.9. The zero-order valence-electron chi connectivity index (χ0n) is 16.4. The van der Waals surface area contributed by atoms with E-state index in [2.05, 4.69) is 31.8 Å². The van der Waals surface area contributed by atoms with Gasteiger partial charge in [-0.3, -0.25) is 4.68 Å². The fourth-order valence-electron chi connectivity index (χ4n) is 2.49. The van der Waals surface area contributed by atoms with E-state index < -0.39 is 0 Å². The summed E-state index contributed by atoms with van der Waals surface area (Å²) >= 11 is 0. The Balaban J connectivity index is 0.00000364. The zero-order chi connectivity index (χ0) is 18.8. The number of aliphatic imine (C=N–C) groups is 1.